The normalized spacial score (nSPS) is 11.0. The summed E-state index contributed by atoms with van der Waals surface area (Å²) in [6.07, 6.45) is 0. The number of benzene rings is 2. The Morgan fingerprint density at radius 1 is 1.00 bits per heavy atom. The molecule has 3 rings (SSSR count). The monoisotopic (exact) mass is 365 g/mol. The molecule has 0 aliphatic heterocycles. The molecule has 0 spiro atoms. The fourth-order valence-electron chi connectivity index (χ4n) is 2.98. The predicted molar refractivity (Wildman–Crippen MR) is 107 cm³/mol. The van der Waals surface area contributed by atoms with Gasteiger partial charge in [-0.15, -0.1) is 0 Å². The maximum Gasteiger partial charge on any atom is 0.238 e. The standard InChI is InChI=1S/C20H23N5O2/c1-13-20(14(2)24-23-13)22-19(27)12-25(3)11-18(26)21-17-10-6-8-15-7-4-5-9-16(15)17/h4-10H,11-12H2,1-3H3,(H,21,26)(H,22,27)(H,23,24). The van der Waals surface area contributed by atoms with Gasteiger partial charge in [0.15, 0.2) is 0 Å². The van der Waals surface area contributed by atoms with E-state index in [2.05, 4.69) is 20.8 Å². The number of hydrogen-bond acceptors (Lipinski definition) is 4. The summed E-state index contributed by atoms with van der Waals surface area (Å²) < 4.78 is 0. The van der Waals surface area contributed by atoms with Crippen LogP contribution < -0.4 is 10.6 Å². The average molecular weight is 365 g/mol. The first kappa shape index (κ1) is 18.6. The Morgan fingerprint density at radius 2 is 1.67 bits per heavy atom. The summed E-state index contributed by atoms with van der Waals surface area (Å²) in [6.45, 7) is 3.88. The van der Waals surface area contributed by atoms with Crippen LogP contribution >= 0.6 is 0 Å². The third-order valence-electron chi connectivity index (χ3n) is 4.28. The van der Waals surface area contributed by atoms with Gasteiger partial charge in [-0.2, -0.15) is 5.10 Å². The molecule has 3 aromatic rings. The van der Waals surface area contributed by atoms with Crippen LogP contribution in [0.3, 0.4) is 0 Å². The number of likely N-dealkylation sites (N-methyl/N-ethyl adjacent to an activating group) is 1. The van der Waals surface area contributed by atoms with E-state index in [4.69, 9.17) is 0 Å². The Morgan fingerprint density at radius 3 is 2.37 bits per heavy atom. The van der Waals surface area contributed by atoms with Gasteiger partial charge in [0.2, 0.25) is 11.8 Å². The highest BCUT2D eigenvalue weighted by Crippen LogP contribution is 2.22. The Labute approximate surface area is 157 Å². The van der Waals surface area contributed by atoms with E-state index in [0.717, 1.165) is 27.8 Å². The SMILES string of the molecule is Cc1n[nH]c(C)c1NC(=O)CN(C)CC(=O)Nc1cccc2ccccc12. The zero-order chi connectivity index (χ0) is 19.4. The van der Waals surface area contributed by atoms with Gasteiger partial charge < -0.3 is 10.6 Å². The lowest BCUT2D eigenvalue weighted by Crippen LogP contribution is -2.36. The summed E-state index contributed by atoms with van der Waals surface area (Å²) in [7, 11) is 1.73. The highest BCUT2D eigenvalue weighted by molar-refractivity contribution is 6.03. The Hall–Kier alpha value is -3.19. The van der Waals surface area contributed by atoms with E-state index in [1.807, 2.05) is 56.3 Å². The molecule has 140 valence electrons. The fraction of sp³-hybridized carbons (Fsp3) is 0.250. The van der Waals surface area contributed by atoms with E-state index in [-0.39, 0.29) is 24.9 Å². The van der Waals surface area contributed by atoms with E-state index < -0.39 is 0 Å². The van der Waals surface area contributed by atoms with E-state index in [1.54, 1.807) is 11.9 Å². The number of fused-ring (bicyclic) bond motifs is 1. The van der Waals surface area contributed by atoms with Crippen molar-refractivity contribution in [3.8, 4) is 0 Å². The van der Waals surface area contributed by atoms with E-state index >= 15 is 0 Å². The second-order valence-corrected chi connectivity index (χ2v) is 6.60. The molecule has 2 amide bonds. The van der Waals surface area contributed by atoms with Crippen LogP contribution in [0.15, 0.2) is 42.5 Å². The number of rotatable bonds is 6. The van der Waals surface area contributed by atoms with E-state index in [0.29, 0.717) is 5.69 Å². The zero-order valence-corrected chi connectivity index (χ0v) is 15.7. The van der Waals surface area contributed by atoms with Crippen LogP contribution in [-0.4, -0.2) is 47.0 Å². The number of amides is 2. The lowest BCUT2D eigenvalue weighted by atomic mass is 10.1. The molecule has 0 radical (unpaired) electrons. The number of nitrogens with one attached hydrogen (secondary N) is 3. The Bertz CT molecular complexity index is 955. The van der Waals surface area contributed by atoms with Crippen LogP contribution in [-0.2, 0) is 9.59 Å². The molecule has 2 aromatic carbocycles. The van der Waals surface area contributed by atoms with Crippen molar-refractivity contribution < 1.29 is 9.59 Å². The van der Waals surface area contributed by atoms with Gasteiger partial charge in [-0.25, -0.2) is 0 Å². The van der Waals surface area contributed by atoms with Crippen molar-refractivity contribution in [1.29, 1.82) is 0 Å². The number of carbonyl (C=O) groups excluding carboxylic acids is 2. The third-order valence-corrected chi connectivity index (χ3v) is 4.28. The number of aromatic nitrogens is 2. The number of carbonyl (C=O) groups is 2. The summed E-state index contributed by atoms with van der Waals surface area (Å²) in [5.74, 6) is -0.361. The number of hydrogen-bond donors (Lipinski definition) is 3. The van der Waals surface area contributed by atoms with Crippen molar-refractivity contribution in [1.82, 2.24) is 15.1 Å². The van der Waals surface area contributed by atoms with Gasteiger partial charge in [0, 0.05) is 11.1 Å². The molecule has 1 aromatic heterocycles. The molecule has 0 aliphatic carbocycles. The molecule has 0 unspecified atom stereocenters. The quantitative estimate of drug-likeness (QED) is 0.626. The van der Waals surface area contributed by atoms with Gasteiger partial charge in [-0.1, -0.05) is 36.4 Å². The second kappa shape index (κ2) is 8.01. The molecule has 7 heteroatoms. The van der Waals surface area contributed by atoms with Crippen molar-refractivity contribution in [2.75, 3.05) is 30.8 Å². The Kier molecular flexibility index (Phi) is 5.52. The van der Waals surface area contributed by atoms with Gasteiger partial charge >= 0.3 is 0 Å². The molecule has 0 fully saturated rings. The summed E-state index contributed by atoms with van der Waals surface area (Å²) in [4.78, 5) is 26.3. The summed E-state index contributed by atoms with van der Waals surface area (Å²) in [5.41, 5.74) is 2.99. The van der Waals surface area contributed by atoms with Crippen molar-refractivity contribution in [3.63, 3.8) is 0 Å². The average Bonchev–Trinajstić information content (AvgIpc) is 2.93. The minimum Gasteiger partial charge on any atom is -0.324 e. The molecule has 0 saturated heterocycles. The first-order valence-corrected chi connectivity index (χ1v) is 8.71. The van der Waals surface area contributed by atoms with Crippen LogP contribution in [0.25, 0.3) is 10.8 Å². The van der Waals surface area contributed by atoms with Gasteiger partial charge in [0.25, 0.3) is 0 Å². The lowest BCUT2D eigenvalue weighted by molar-refractivity contribution is -0.119. The maximum absolute atomic E-state index is 12.4. The van der Waals surface area contributed by atoms with E-state index in [9.17, 15) is 9.59 Å². The topological polar surface area (TPSA) is 90.1 Å². The van der Waals surface area contributed by atoms with Crippen LogP contribution in [0.2, 0.25) is 0 Å². The minimum absolute atomic E-state index is 0.104. The van der Waals surface area contributed by atoms with E-state index in [1.165, 1.54) is 0 Å². The molecule has 0 bridgehead atoms. The molecule has 1 heterocycles. The molecule has 3 N–H and O–H groups in total. The minimum atomic E-state index is -0.192. The van der Waals surface area contributed by atoms with Crippen LogP contribution in [0.5, 0.6) is 0 Å². The van der Waals surface area contributed by atoms with Crippen LogP contribution in [0.4, 0.5) is 11.4 Å². The van der Waals surface area contributed by atoms with Crippen LogP contribution in [0.1, 0.15) is 11.4 Å². The maximum atomic E-state index is 12.4. The number of aryl methyl sites for hydroxylation is 2. The van der Waals surface area contributed by atoms with Gasteiger partial charge in [0.1, 0.15) is 0 Å². The lowest BCUT2D eigenvalue weighted by Gasteiger charge is -2.16. The highest BCUT2D eigenvalue weighted by atomic mass is 16.2. The van der Waals surface area contributed by atoms with Gasteiger partial charge in [-0.05, 0) is 32.3 Å². The summed E-state index contributed by atoms with van der Waals surface area (Å²) in [6, 6.07) is 13.7. The molecule has 0 atom stereocenters. The highest BCUT2D eigenvalue weighted by Gasteiger charge is 2.14. The first-order chi connectivity index (χ1) is 12.9. The molecular weight excluding hydrogens is 342 g/mol. The van der Waals surface area contributed by atoms with Crippen molar-refractivity contribution in [2.24, 2.45) is 0 Å². The Balaban J connectivity index is 1.56. The molecule has 7 nitrogen and oxygen atoms in total. The zero-order valence-electron chi connectivity index (χ0n) is 15.7. The van der Waals surface area contributed by atoms with Gasteiger partial charge in [0.05, 0.1) is 30.2 Å². The number of H-pyrrole nitrogens is 1. The first-order valence-electron chi connectivity index (χ1n) is 8.71. The molecular formula is C20H23N5O2. The third kappa shape index (κ3) is 4.51. The smallest absolute Gasteiger partial charge is 0.238 e. The fourth-order valence-corrected chi connectivity index (χ4v) is 2.98. The summed E-state index contributed by atoms with van der Waals surface area (Å²) in [5, 5.41) is 14.7. The largest absolute Gasteiger partial charge is 0.324 e. The number of nitrogens with zero attached hydrogens (tertiary/aromatic N) is 2. The molecule has 27 heavy (non-hydrogen) atoms. The molecule has 0 saturated carbocycles. The number of anilines is 2. The summed E-state index contributed by atoms with van der Waals surface area (Å²) >= 11 is 0. The van der Waals surface area contributed by atoms with Crippen LogP contribution in [0, 0.1) is 13.8 Å². The van der Waals surface area contributed by atoms with Crippen molar-refractivity contribution in [3.05, 3.63) is 53.9 Å². The number of aromatic amines is 1. The van der Waals surface area contributed by atoms with Crippen molar-refractivity contribution in [2.45, 2.75) is 13.8 Å². The second-order valence-electron chi connectivity index (χ2n) is 6.60. The van der Waals surface area contributed by atoms with Gasteiger partial charge in [-0.3, -0.25) is 19.6 Å². The predicted octanol–water partition coefficient (Wildman–Crippen LogP) is 2.69. The molecule has 0 aliphatic rings. The van der Waals surface area contributed by atoms with Crippen molar-refractivity contribution >= 4 is 34.0 Å².